The summed E-state index contributed by atoms with van der Waals surface area (Å²) in [5, 5.41) is 0. The lowest BCUT2D eigenvalue weighted by molar-refractivity contribution is 0.482. The summed E-state index contributed by atoms with van der Waals surface area (Å²) >= 11 is 0. The molecule has 0 fully saturated rings. The molecule has 2 aromatic carbocycles. The van der Waals surface area contributed by atoms with Gasteiger partial charge >= 0.3 is 10.1 Å². The lowest BCUT2D eigenvalue weighted by atomic mass is 9.89. The Hall–Kier alpha value is -1.81. The minimum absolute atomic E-state index is 0.0811. The second kappa shape index (κ2) is 7.83. The molecule has 0 spiro atoms. The maximum Gasteiger partial charge on any atom is 0.339 e. The Morgan fingerprint density at radius 1 is 0.769 bits per heavy atom. The first-order chi connectivity index (χ1) is 12.0. The average molecular weight is 375 g/mol. The first kappa shape index (κ1) is 20.5. The van der Waals surface area contributed by atoms with Crippen LogP contribution >= 0.6 is 0 Å². The van der Waals surface area contributed by atoms with E-state index in [1.54, 1.807) is 12.1 Å². The highest BCUT2D eigenvalue weighted by molar-refractivity contribution is 7.87. The zero-order chi connectivity index (χ0) is 19.6. The van der Waals surface area contributed by atoms with Gasteiger partial charge in [0.05, 0.1) is 0 Å². The molecular formula is C22H30O3S. The van der Waals surface area contributed by atoms with Gasteiger partial charge in [0.15, 0.2) is 0 Å². The van der Waals surface area contributed by atoms with Crippen molar-refractivity contribution in [2.45, 2.75) is 71.1 Å². The number of benzene rings is 2. The van der Waals surface area contributed by atoms with E-state index in [4.69, 9.17) is 4.18 Å². The minimum Gasteiger partial charge on any atom is -0.379 e. The largest absolute Gasteiger partial charge is 0.379 e. The van der Waals surface area contributed by atoms with Crippen LogP contribution in [-0.4, -0.2) is 8.42 Å². The number of rotatable bonds is 6. The zero-order valence-electron chi connectivity index (χ0n) is 16.8. The fraction of sp³-hybridized carbons (Fsp3) is 0.455. The van der Waals surface area contributed by atoms with Crippen molar-refractivity contribution >= 4 is 10.1 Å². The summed E-state index contributed by atoms with van der Waals surface area (Å²) in [6.07, 6.45) is 0. The van der Waals surface area contributed by atoms with E-state index in [0.717, 1.165) is 22.3 Å². The summed E-state index contributed by atoms with van der Waals surface area (Å²) in [5.41, 5.74) is 3.87. The Morgan fingerprint density at radius 2 is 1.23 bits per heavy atom. The molecule has 0 bridgehead atoms. The number of hydrogen-bond donors (Lipinski definition) is 0. The van der Waals surface area contributed by atoms with Crippen LogP contribution in [-0.2, 0) is 10.1 Å². The van der Waals surface area contributed by atoms with Crippen LogP contribution in [0.25, 0.3) is 0 Å². The van der Waals surface area contributed by atoms with Crippen molar-refractivity contribution in [1.82, 2.24) is 0 Å². The normalized spacial score (nSPS) is 12.2. The monoisotopic (exact) mass is 374 g/mol. The van der Waals surface area contributed by atoms with Gasteiger partial charge in [-0.05, 0) is 53.5 Å². The minimum atomic E-state index is -3.92. The molecule has 142 valence electrons. The predicted molar refractivity (Wildman–Crippen MR) is 108 cm³/mol. The lowest BCUT2D eigenvalue weighted by Gasteiger charge is -2.22. The van der Waals surface area contributed by atoms with Crippen LogP contribution in [0.4, 0.5) is 0 Å². The Bertz CT molecular complexity index is 832. The third-order valence-corrected chi connectivity index (χ3v) is 5.94. The highest BCUT2D eigenvalue weighted by Gasteiger charge is 2.28. The Kier molecular flexibility index (Phi) is 6.17. The van der Waals surface area contributed by atoms with Crippen LogP contribution in [0.2, 0.25) is 0 Å². The molecule has 2 aromatic rings. The van der Waals surface area contributed by atoms with Gasteiger partial charge in [0.1, 0.15) is 10.6 Å². The third-order valence-electron chi connectivity index (χ3n) is 4.56. The number of hydrogen-bond acceptors (Lipinski definition) is 3. The molecule has 0 aliphatic heterocycles. The Labute approximate surface area is 158 Å². The van der Waals surface area contributed by atoms with Gasteiger partial charge in [-0.2, -0.15) is 8.42 Å². The maximum atomic E-state index is 13.2. The molecule has 0 N–H and O–H groups in total. The van der Waals surface area contributed by atoms with Gasteiger partial charge < -0.3 is 4.18 Å². The Morgan fingerprint density at radius 3 is 1.62 bits per heavy atom. The van der Waals surface area contributed by atoms with Crippen LogP contribution < -0.4 is 4.18 Å². The average Bonchev–Trinajstić information content (AvgIpc) is 2.55. The van der Waals surface area contributed by atoms with Crippen LogP contribution in [0.15, 0.2) is 41.3 Å². The molecular weight excluding hydrogens is 344 g/mol. The van der Waals surface area contributed by atoms with Crippen molar-refractivity contribution in [3.63, 3.8) is 0 Å². The van der Waals surface area contributed by atoms with Gasteiger partial charge in [0.25, 0.3) is 0 Å². The van der Waals surface area contributed by atoms with Crippen molar-refractivity contribution in [1.29, 1.82) is 0 Å². The first-order valence-electron chi connectivity index (χ1n) is 9.21. The summed E-state index contributed by atoms with van der Waals surface area (Å²) in [7, 11) is -3.92. The van der Waals surface area contributed by atoms with E-state index in [0.29, 0.717) is 16.6 Å². The molecule has 3 nitrogen and oxygen atoms in total. The van der Waals surface area contributed by atoms with Gasteiger partial charge in [0.2, 0.25) is 0 Å². The Balaban J connectivity index is 2.66. The fourth-order valence-corrected chi connectivity index (χ4v) is 4.55. The van der Waals surface area contributed by atoms with Crippen molar-refractivity contribution in [2.75, 3.05) is 0 Å². The molecule has 0 saturated carbocycles. The topological polar surface area (TPSA) is 43.4 Å². The molecule has 0 atom stereocenters. The summed E-state index contributed by atoms with van der Waals surface area (Å²) in [6, 6.07) is 11.1. The fourth-order valence-electron chi connectivity index (χ4n) is 2.94. The molecule has 0 aromatic heterocycles. The van der Waals surface area contributed by atoms with E-state index in [-0.39, 0.29) is 11.8 Å². The van der Waals surface area contributed by atoms with Crippen molar-refractivity contribution < 1.29 is 12.6 Å². The SMILES string of the molecule is Cc1ccc(OS(=O)(=O)c2c(C(C)C)cc(C(C)C)cc2C(C)C)cc1. The van der Waals surface area contributed by atoms with Crippen molar-refractivity contribution in [3.8, 4) is 5.75 Å². The lowest BCUT2D eigenvalue weighted by Crippen LogP contribution is -2.17. The second-order valence-electron chi connectivity index (χ2n) is 7.84. The summed E-state index contributed by atoms with van der Waals surface area (Å²) in [6.45, 7) is 14.3. The van der Waals surface area contributed by atoms with E-state index < -0.39 is 10.1 Å². The van der Waals surface area contributed by atoms with Crippen LogP contribution in [0.5, 0.6) is 5.75 Å². The van der Waals surface area contributed by atoms with Gasteiger partial charge in [0, 0.05) is 0 Å². The third kappa shape index (κ3) is 4.47. The smallest absolute Gasteiger partial charge is 0.339 e. The molecule has 0 heterocycles. The maximum absolute atomic E-state index is 13.2. The highest BCUT2D eigenvalue weighted by atomic mass is 32.2. The quantitative estimate of drug-likeness (QED) is 0.571. The van der Waals surface area contributed by atoms with E-state index in [2.05, 4.69) is 13.8 Å². The van der Waals surface area contributed by atoms with Gasteiger partial charge in [-0.1, -0.05) is 71.4 Å². The number of aryl methyl sites for hydroxylation is 1. The summed E-state index contributed by atoms with van der Waals surface area (Å²) < 4.78 is 31.9. The standard InChI is InChI=1S/C22H30O3S/c1-14(2)18-12-20(15(3)4)22(21(13-18)16(5)6)26(23,24)25-19-10-8-17(7)9-11-19/h8-16H,1-7H3. The van der Waals surface area contributed by atoms with Crippen LogP contribution in [0, 0.1) is 6.92 Å². The molecule has 0 aliphatic carbocycles. The van der Waals surface area contributed by atoms with Gasteiger partial charge in [-0.15, -0.1) is 0 Å². The molecule has 0 amide bonds. The van der Waals surface area contributed by atoms with E-state index >= 15 is 0 Å². The van der Waals surface area contributed by atoms with E-state index in [1.165, 1.54) is 0 Å². The van der Waals surface area contributed by atoms with Gasteiger partial charge in [-0.25, -0.2) is 0 Å². The molecule has 0 saturated heterocycles. The highest BCUT2D eigenvalue weighted by Crippen LogP contribution is 2.36. The molecule has 4 heteroatoms. The summed E-state index contributed by atoms with van der Waals surface area (Å²) in [5.74, 6) is 0.836. The van der Waals surface area contributed by atoms with Crippen LogP contribution in [0.3, 0.4) is 0 Å². The molecule has 0 radical (unpaired) electrons. The second-order valence-corrected chi connectivity index (χ2v) is 9.33. The molecule has 0 aliphatic rings. The zero-order valence-corrected chi connectivity index (χ0v) is 17.6. The summed E-state index contributed by atoms with van der Waals surface area (Å²) in [4.78, 5) is 0.326. The van der Waals surface area contributed by atoms with E-state index in [1.807, 2.05) is 58.9 Å². The first-order valence-corrected chi connectivity index (χ1v) is 10.6. The molecule has 0 unspecified atom stereocenters. The van der Waals surface area contributed by atoms with Crippen molar-refractivity contribution in [2.24, 2.45) is 0 Å². The predicted octanol–water partition coefficient (Wildman–Crippen LogP) is 6.13. The molecule has 2 rings (SSSR count). The van der Waals surface area contributed by atoms with E-state index in [9.17, 15) is 8.42 Å². The molecule has 26 heavy (non-hydrogen) atoms. The van der Waals surface area contributed by atoms with Gasteiger partial charge in [-0.3, -0.25) is 0 Å². The van der Waals surface area contributed by atoms with Crippen LogP contribution in [0.1, 0.15) is 81.5 Å². The van der Waals surface area contributed by atoms with Crippen molar-refractivity contribution in [3.05, 3.63) is 58.7 Å².